The van der Waals surface area contributed by atoms with Gasteiger partial charge in [-0.3, -0.25) is 14.5 Å². The summed E-state index contributed by atoms with van der Waals surface area (Å²) < 4.78 is 6.13. The predicted octanol–water partition coefficient (Wildman–Crippen LogP) is 5.24. The second-order valence-electron chi connectivity index (χ2n) is 8.09. The molecule has 6 nitrogen and oxygen atoms in total. The van der Waals surface area contributed by atoms with Crippen molar-refractivity contribution in [2.24, 2.45) is 0 Å². The highest BCUT2D eigenvalue weighted by molar-refractivity contribution is 9.10. The molecule has 4 rings (SSSR count). The first kappa shape index (κ1) is 25.5. The Morgan fingerprint density at radius 3 is 2.36 bits per heavy atom. The number of amides is 2. The van der Waals surface area contributed by atoms with E-state index in [4.69, 9.17) is 4.74 Å². The summed E-state index contributed by atoms with van der Waals surface area (Å²) in [5.41, 5.74) is 2.60. The van der Waals surface area contributed by atoms with Crippen LogP contribution in [-0.2, 0) is 22.4 Å². The fourth-order valence-electron chi connectivity index (χ4n) is 3.83. The third-order valence-corrected chi connectivity index (χ3v) is 7.50. The zero-order valence-electron chi connectivity index (χ0n) is 19.6. The Labute approximate surface area is 223 Å². The van der Waals surface area contributed by atoms with Gasteiger partial charge in [-0.15, -0.1) is 0 Å². The standard InChI is InChI=1S/C28H24BrN3O3S/c1-35-23-13-9-19(10-14-23)15-16-31-26(33)24(18-30)28-32(22-5-3-2-4-6-22)27(34)25(36-28)17-20-7-11-21(29)12-8-20/h2-14,25H,15-17H2,1H3,(H,31,33)/b28-24+. The SMILES string of the molecule is COc1ccc(CCNC(=O)/C(C#N)=C2/SC(Cc3ccc(Br)cc3)C(=O)N2c2ccccc2)cc1. The average Bonchev–Trinajstić information content (AvgIpc) is 3.22. The summed E-state index contributed by atoms with van der Waals surface area (Å²) in [4.78, 5) is 28.1. The van der Waals surface area contributed by atoms with Gasteiger partial charge in [0, 0.05) is 16.7 Å². The molecule has 0 radical (unpaired) electrons. The van der Waals surface area contributed by atoms with Crippen LogP contribution in [-0.4, -0.2) is 30.7 Å². The lowest BCUT2D eigenvalue weighted by molar-refractivity contribution is -0.117. The molecular weight excluding hydrogens is 538 g/mol. The van der Waals surface area contributed by atoms with Crippen molar-refractivity contribution >= 4 is 45.2 Å². The van der Waals surface area contributed by atoms with Gasteiger partial charge in [-0.05, 0) is 60.4 Å². The van der Waals surface area contributed by atoms with Crippen LogP contribution in [0.2, 0.25) is 0 Å². The molecule has 0 saturated carbocycles. The molecule has 3 aromatic rings. The number of para-hydroxylation sites is 1. The number of rotatable bonds is 8. The second kappa shape index (κ2) is 11.9. The Balaban J connectivity index is 1.55. The molecule has 1 aliphatic rings. The number of nitriles is 1. The van der Waals surface area contributed by atoms with Crippen molar-refractivity contribution in [1.82, 2.24) is 5.32 Å². The van der Waals surface area contributed by atoms with Crippen LogP contribution < -0.4 is 15.0 Å². The molecule has 1 N–H and O–H groups in total. The summed E-state index contributed by atoms with van der Waals surface area (Å²) in [7, 11) is 1.61. The third-order valence-electron chi connectivity index (χ3n) is 5.71. The van der Waals surface area contributed by atoms with Crippen LogP contribution in [0.5, 0.6) is 5.75 Å². The zero-order chi connectivity index (χ0) is 25.5. The number of nitrogens with zero attached hydrogens (tertiary/aromatic N) is 2. The van der Waals surface area contributed by atoms with Gasteiger partial charge in [0.1, 0.15) is 22.4 Å². The van der Waals surface area contributed by atoms with Gasteiger partial charge in [0.05, 0.1) is 12.4 Å². The van der Waals surface area contributed by atoms with Crippen molar-refractivity contribution < 1.29 is 14.3 Å². The molecule has 8 heteroatoms. The number of nitrogens with one attached hydrogen (secondary N) is 1. The van der Waals surface area contributed by atoms with Gasteiger partial charge >= 0.3 is 0 Å². The van der Waals surface area contributed by atoms with Crippen molar-refractivity contribution in [1.29, 1.82) is 5.26 Å². The van der Waals surface area contributed by atoms with Gasteiger partial charge < -0.3 is 10.1 Å². The normalized spacial score (nSPS) is 16.4. The van der Waals surface area contributed by atoms with Crippen LogP contribution in [0, 0.1) is 11.3 Å². The van der Waals surface area contributed by atoms with Crippen LogP contribution in [0.15, 0.2) is 93.9 Å². The first-order valence-corrected chi connectivity index (χ1v) is 13.0. The molecule has 1 aliphatic heterocycles. The average molecular weight is 562 g/mol. The minimum atomic E-state index is -0.494. The van der Waals surface area contributed by atoms with E-state index in [1.54, 1.807) is 19.2 Å². The molecule has 0 aromatic heterocycles. The Bertz CT molecular complexity index is 1300. The van der Waals surface area contributed by atoms with Crippen LogP contribution in [0.25, 0.3) is 0 Å². The van der Waals surface area contributed by atoms with Crippen molar-refractivity contribution in [3.8, 4) is 11.8 Å². The van der Waals surface area contributed by atoms with Crippen molar-refractivity contribution in [3.05, 3.63) is 105 Å². The van der Waals surface area contributed by atoms with Crippen molar-refractivity contribution in [3.63, 3.8) is 0 Å². The Hall–Kier alpha value is -3.54. The number of methoxy groups -OCH3 is 1. The fraction of sp³-hybridized carbons (Fsp3) is 0.179. The van der Waals surface area contributed by atoms with Gasteiger partial charge in [-0.25, -0.2) is 0 Å². The highest BCUT2D eigenvalue weighted by atomic mass is 79.9. The smallest absolute Gasteiger partial charge is 0.264 e. The fourth-order valence-corrected chi connectivity index (χ4v) is 5.41. The number of carbonyl (C=O) groups excluding carboxylic acids is 2. The Kier molecular flexibility index (Phi) is 8.47. The van der Waals surface area contributed by atoms with Gasteiger partial charge in [0.25, 0.3) is 5.91 Å². The molecular formula is C28H24BrN3O3S. The summed E-state index contributed by atoms with van der Waals surface area (Å²) in [5, 5.41) is 12.7. The molecule has 1 saturated heterocycles. The minimum Gasteiger partial charge on any atom is -0.497 e. The first-order valence-electron chi connectivity index (χ1n) is 11.4. The summed E-state index contributed by atoms with van der Waals surface area (Å²) in [6, 6.07) is 26.6. The molecule has 0 spiro atoms. The van der Waals surface area contributed by atoms with Gasteiger partial charge in [0.15, 0.2) is 0 Å². The highest BCUT2D eigenvalue weighted by Gasteiger charge is 2.40. The predicted molar refractivity (Wildman–Crippen MR) is 145 cm³/mol. The van der Waals surface area contributed by atoms with E-state index in [1.165, 1.54) is 16.7 Å². The van der Waals surface area contributed by atoms with E-state index in [-0.39, 0.29) is 11.5 Å². The maximum Gasteiger partial charge on any atom is 0.264 e. The summed E-state index contributed by atoms with van der Waals surface area (Å²) in [6.45, 7) is 0.357. The molecule has 36 heavy (non-hydrogen) atoms. The molecule has 2 amide bonds. The topological polar surface area (TPSA) is 82.4 Å². The lowest BCUT2D eigenvalue weighted by Gasteiger charge is -2.18. The largest absolute Gasteiger partial charge is 0.497 e. The van der Waals surface area contributed by atoms with Crippen LogP contribution in [0.1, 0.15) is 11.1 Å². The number of hydrogen-bond acceptors (Lipinski definition) is 5. The minimum absolute atomic E-state index is 0.0646. The van der Waals surface area contributed by atoms with Crippen LogP contribution in [0.3, 0.4) is 0 Å². The summed E-state index contributed by atoms with van der Waals surface area (Å²) >= 11 is 4.69. The molecule has 0 bridgehead atoms. The van der Waals surface area contributed by atoms with E-state index in [0.29, 0.717) is 30.1 Å². The number of anilines is 1. The van der Waals surface area contributed by atoms with Gasteiger partial charge in [-0.1, -0.05) is 70.2 Å². The Morgan fingerprint density at radius 1 is 1.06 bits per heavy atom. The molecule has 1 heterocycles. The van der Waals surface area contributed by atoms with Gasteiger partial charge in [0.2, 0.25) is 5.91 Å². The Morgan fingerprint density at radius 2 is 1.72 bits per heavy atom. The van der Waals surface area contributed by atoms with Crippen LogP contribution >= 0.6 is 27.7 Å². The molecule has 0 aliphatic carbocycles. The van der Waals surface area contributed by atoms with E-state index in [1.807, 2.05) is 72.8 Å². The molecule has 1 fully saturated rings. The summed E-state index contributed by atoms with van der Waals surface area (Å²) in [5.74, 6) is 0.121. The quantitative estimate of drug-likeness (QED) is 0.300. The highest BCUT2D eigenvalue weighted by Crippen LogP contribution is 2.41. The van der Waals surface area contributed by atoms with E-state index in [0.717, 1.165) is 21.3 Å². The maximum absolute atomic E-state index is 13.5. The summed E-state index contributed by atoms with van der Waals surface area (Å²) in [6.07, 6.45) is 1.09. The van der Waals surface area contributed by atoms with Crippen molar-refractivity contribution in [2.45, 2.75) is 18.1 Å². The van der Waals surface area contributed by atoms with E-state index in [2.05, 4.69) is 21.2 Å². The number of benzene rings is 3. The molecule has 1 unspecified atom stereocenters. The lowest BCUT2D eigenvalue weighted by Crippen LogP contribution is -2.32. The number of ether oxygens (including phenoxy) is 1. The maximum atomic E-state index is 13.5. The lowest BCUT2D eigenvalue weighted by atomic mass is 10.1. The molecule has 1 atom stereocenters. The van der Waals surface area contributed by atoms with Gasteiger partial charge in [-0.2, -0.15) is 5.26 Å². The third kappa shape index (κ3) is 5.99. The number of carbonyl (C=O) groups is 2. The number of halogens is 1. The zero-order valence-corrected chi connectivity index (χ0v) is 22.0. The van der Waals surface area contributed by atoms with E-state index in [9.17, 15) is 14.9 Å². The monoisotopic (exact) mass is 561 g/mol. The van der Waals surface area contributed by atoms with Crippen LogP contribution in [0.4, 0.5) is 5.69 Å². The van der Waals surface area contributed by atoms with Crippen molar-refractivity contribution in [2.75, 3.05) is 18.6 Å². The molecule has 3 aromatic carbocycles. The number of thioether (sulfide) groups is 1. The van der Waals surface area contributed by atoms with E-state index < -0.39 is 11.2 Å². The van der Waals surface area contributed by atoms with E-state index >= 15 is 0 Å². The molecule has 182 valence electrons. The first-order chi connectivity index (χ1) is 17.5. The second-order valence-corrected chi connectivity index (χ2v) is 10.2. The number of hydrogen-bond donors (Lipinski definition) is 1.